The molecule has 0 saturated heterocycles. The van der Waals surface area contributed by atoms with Gasteiger partial charge in [0.05, 0.1) is 11.7 Å². The van der Waals surface area contributed by atoms with Crippen LogP contribution in [0, 0.1) is 5.92 Å². The third-order valence-electron chi connectivity index (χ3n) is 2.82. The van der Waals surface area contributed by atoms with Gasteiger partial charge in [0.25, 0.3) is 0 Å². The molecule has 0 aromatic carbocycles. The fourth-order valence-electron chi connectivity index (χ4n) is 1.85. The Hall–Kier alpha value is -1.46. The molecule has 0 aliphatic carbocycles. The Labute approximate surface area is 122 Å². The lowest BCUT2D eigenvalue weighted by molar-refractivity contribution is 0.552. The number of hydrogen-bond acceptors (Lipinski definition) is 4. The van der Waals surface area contributed by atoms with E-state index in [4.69, 9.17) is 18.0 Å². The van der Waals surface area contributed by atoms with E-state index < -0.39 is 0 Å². The standard InChI is InChI=1S/C14H17N3S2/c1-9(2)13(11-6-4-8-19-11)17-12-7-3-5-10(16-12)14(15)18/h3-9,13H,1-2H3,(H2,15,18)(H,16,17). The summed E-state index contributed by atoms with van der Waals surface area (Å²) in [6.45, 7) is 4.38. The van der Waals surface area contributed by atoms with Crippen LogP contribution in [0.3, 0.4) is 0 Å². The smallest absolute Gasteiger partial charge is 0.127 e. The Morgan fingerprint density at radius 2 is 2.11 bits per heavy atom. The molecule has 2 aromatic heterocycles. The summed E-state index contributed by atoms with van der Waals surface area (Å²) >= 11 is 6.70. The van der Waals surface area contributed by atoms with Gasteiger partial charge in [0.1, 0.15) is 10.8 Å². The zero-order chi connectivity index (χ0) is 13.8. The van der Waals surface area contributed by atoms with Crippen LogP contribution in [0.2, 0.25) is 0 Å². The average Bonchev–Trinajstić information content (AvgIpc) is 2.89. The molecule has 0 radical (unpaired) electrons. The van der Waals surface area contributed by atoms with Gasteiger partial charge in [-0.15, -0.1) is 11.3 Å². The first-order valence-electron chi connectivity index (χ1n) is 6.14. The number of nitrogens with two attached hydrogens (primary N) is 1. The highest BCUT2D eigenvalue weighted by Crippen LogP contribution is 2.29. The first-order valence-corrected chi connectivity index (χ1v) is 7.43. The molecule has 2 heterocycles. The van der Waals surface area contributed by atoms with Gasteiger partial charge in [-0.2, -0.15) is 0 Å². The molecule has 19 heavy (non-hydrogen) atoms. The molecule has 0 amide bonds. The fraction of sp³-hybridized carbons (Fsp3) is 0.286. The predicted molar refractivity (Wildman–Crippen MR) is 85.6 cm³/mol. The van der Waals surface area contributed by atoms with Gasteiger partial charge in [-0.1, -0.05) is 38.2 Å². The number of nitrogens with one attached hydrogen (secondary N) is 1. The summed E-state index contributed by atoms with van der Waals surface area (Å²) < 4.78 is 0. The molecular weight excluding hydrogens is 274 g/mol. The SMILES string of the molecule is CC(C)C(Nc1cccc(C(N)=S)n1)c1cccs1. The third kappa shape index (κ3) is 3.52. The van der Waals surface area contributed by atoms with Crippen molar-refractivity contribution in [1.82, 2.24) is 4.98 Å². The summed E-state index contributed by atoms with van der Waals surface area (Å²) in [6, 6.07) is 10.1. The minimum Gasteiger partial charge on any atom is -0.388 e. The van der Waals surface area contributed by atoms with Crippen molar-refractivity contribution in [3.05, 3.63) is 46.3 Å². The molecule has 0 aliphatic rings. The number of rotatable bonds is 5. The van der Waals surface area contributed by atoms with Gasteiger partial charge in [0, 0.05) is 4.88 Å². The predicted octanol–water partition coefficient (Wildman–Crippen LogP) is 3.59. The number of aromatic nitrogens is 1. The number of anilines is 1. The van der Waals surface area contributed by atoms with Crippen LogP contribution in [-0.4, -0.2) is 9.97 Å². The largest absolute Gasteiger partial charge is 0.388 e. The number of hydrogen-bond donors (Lipinski definition) is 2. The second-order valence-electron chi connectivity index (χ2n) is 4.65. The summed E-state index contributed by atoms with van der Waals surface area (Å²) in [4.78, 5) is 6.06. The van der Waals surface area contributed by atoms with Gasteiger partial charge < -0.3 is 11.1 Å². The number of thiocarbonyl (C=S) groups is 1. The minimum atomic E-state index is 0.245. The van der Waals surface area contributed by atoms with Crippen LogP contribution < -0.4 is 11.1 Å². The van der Waals surface area contributed by atoms with Crippen LogP contribution in [0.25, 0.3) is 0 Å². The molecule has 0 bridgehead atoms. The molecule has 0 aliphatic heterocycles. The molecule has 2 aromatic rings. The summed E-state index contributed by atoms with van der Waals surface area (Å²) in [5, 5.41) is 5.55. The van der Waals surface area contributed by atoms with E-state index in [2.05, 4.69) is 41.7 Å². The van der Waals surface area contributed by atoms with E-state index >= 15 is 0 Å². The lowest BCUT2D eigenvalue weighted by Crippen LogP contribution is -2.18. The van der Waals surface area contributed by atoms with E-state index in [9.17, 15) is 0 Å². The Morgan fingerprint density at radius 3 is 2.68 bits per heavy atom. The van der Waals surface area contributed by atoms with Crippen molar-refractivity contribution >= 4 is 34.4 Å². The Kier molecular flexibility index (Phi) is 4.50. The van der Waals surface area contributed by atoms with Crippen molar-refractivity contribution < 1.29 is 0 Å². The maximum atomic E-state index is 5.61. The van der Waals surface area contributed by atoms with Gasteiger partial charge in [0.2, 0.25) is 0 Å². The van der Waals surface area contributed by atoms with E-state index in [0.717, 1.165) is 5.82 Å². The maximum Gasteiger partial charge on any atom is 0.127 e. The number of pyridine rings is 1. The van der Waals surface area contributed by atoms with Crippen LogP contribution in [0.5, 0.6) is 0 Å². The molecule has 1 atom stereocenters. The normalized spacial score (nSPS) is 12.4. The number of thiophene rings is 1. The molecule has 0 fully saturated rings. The Morgan fingerprint density at radius 1 is 1.32 bits per heavy atom. The molecule has 1 unspecified atom stereocenters. The highest BCUT2D eigenvalue weighted by atomic mass is 32.1. The molecule has 0 saturated carbocycles. The van der Waals surface area contributed by atoms with Gasteiger partial charge in [0.15, 0.2) is 0 Å². The summed E-state index contributed by atoms with van der Waals surface area (Å²) in [5.74, 6) is 1.27. The Bertz CT molecular complexity index is 550. The first-order chi connectivity index (χ1) is 9.08. The van der Waals surface area contributed by atoms with Gasteiger partial charge >= 0.3 is 0 Å². The highest BCUT2D eigenvalue weighted by Gasteiger charge is 2.17. The van der Waals surface area contributed by atoms with E-state index in [1.165, 1.54) is 4.88 Å². The van der Waals surface area contributed by atoms with Crippen molar-refractivity contribution in [3.63, 3.8) is 0 Å². The van der Waals surface area contributed by atoms with E-state index in [1.54, 1.807) is 11.3 Å². The topological polar surface area (TPSA) is 50.9 Å². The van der Waals surface area contributed by atoms with Gasteiger partial charge in [-0.25, -0.2) is 4.98 Å². The Balaban J connectivity index is 2.22. The molecule has 3 N–H and O–H groups in total. The zero-order valence-electron chi connectivity index (χ0n) is 11.0. The van der Waals surface area contributed by atoms with Gasteiger partial charge in [-0.3, -0.25) is 0 Å². The number of nitrogens with zero attached hydrogens (tertiary/aromatic N) is 1. The quantitative estimate of drug-likeness (QED) is 0.827. The van der Waals surface area contributed by atoms with E-state index in [1.807, 2.05) is 18.2 Å². The summed E-state index contributed by atoms with van der Waals surface area (Å²) in [6.07, 6.45) is 0. The summed E-state index contributed by atoms with van der Waals surface area (Å²) in [5.41, 5.74) is 6.26. The summed E-state index contributed by atoms with van der Waals surface area (Å²) in [7, 11) is 0. The van der Waals surface area contributed by atoms with E-state index in [-0.39, 0.29) is 6.04 Å². The lowest BCUT2D eigenvalue weighted by Gasteiger charge is -2.22. The van der Waals surface area contributed by atoms with Crippen LogP contribution in [0.1, 0.15) is 30.5 Å². The minimum absolute atomic E-state index is 0.245. The van der Waals surface area contributed by atoms with Crippen LogP contribution >= 0.6 is 23.6 Å². The van der Waals surface area contributed by atoms with E-state index in [0.29, 0.717) is 16.6 Å². The molecule has 5 heteroatoms. The van der Waals surface area contributed by atoms with Crippen molar-refractivity contribution in [3.8, 4) is 0 Å². The second kappa shape index (κ2) is 6.12. The highest BCUT2D eigenvalue weighted by molar-refractivity contribution is 7.80. The van der Waals surface area contributed by atoms with Crippen molar-refractivity contribution in [2.24, 2.45) is 11.7 Å². The first kappa shape index (κ1) is 14.0. The molecule has 3 nitrogen and oxygen atoms in total. The lowest BCUT2D eigenvalue weighted by atomic mass is 10.0. The zero-order valence-corrected chi connectivity index (χ0v) is 12.6. The van der Waals surface area contributed by atoms with Crippen molar-refractivity contribution in [2.75, 3.05) is 5.32 Å². The van der Waals surface area contributed by atoms with Crippen LogP contribution in [-0.2, 0) is 0 Å². The fourth-order valence-corrected chi connectivity index (χ4v) is 2.91. The second-order valence-corrected chi connectivity index (χ2v) is 6.07. The average molecular weight is 291 g/mol. The molecule has 100 valence electrons. The van der Waals surface area contributed by atoms with Crippen LogP contribution in [0.4, 0.5) is 5.82 Å². The van der Waals surface area contributed by atoms with Crippen LogP contribution in [0.15, 0.2) is 35.7 Å². The van der Waals surface area contributed by atoms with Crippen molar-refractivity contribution in [2.45, 2.75) is 19.9 Å². The maximum absolute atomic E-state index is 5.61. The van der Waals surface area contributed by atoms with Gasteiger partial charge in [-0.05, 0) is 29.5 Å². The van der Waals surface area contributed by atoms with Crippen molar-refractivity contribution in [1.29, 1.82) is 0 Å². The molecule has 2 rings (SSSR count). The monoisotopic (exact) mass is 291 g/mol. The third-order valence-corrected chi connectivity index (χ3v) is 3.99. The molecule has 0 spiro atoms. The molecular formula is C14H17N3S2.